The normalized spacial score (nSPS) is 11.9. The van der Waals surface area contributed by atoms with Crippen LogP contribution in [0.5, 0.6) is 0 Å². The molecule has 0 aliphatic heterocycles. The molecule has 0 unspecified atom stereocenters. The maximum absolute atomic E-state index is 11.8. The van der Waals surface area contributed by atoms with Gasteiger partial charge in [-0.15, -0.1) is 13.2 Å². The second-order valence-corrected chi connectivity index (χ2v) is 12.6. The second-order valence-electron chi connectivity index (χ2n) is 6.14. The van der Waals surface area contributed by atoms with E-state index in [1.165, 1.54) is 0 Å². The summed E-state index contributed by atoms with van der Waals surface area (Å²) in [5, 5.41) is 8.36. The number of halogens is 21. The van der Waals surface area contributed by atoms with Gasteiger partial charge in [-0.1, -0.05) is 32.2 Å². The van der Waals surface area contributed by atoms with E-state index in [1.807, 2.05) is 6.92 Å². The van der Waals surface area contributed by atoms with E-state index < -0.39 is 71.8 Å². The minimum atomic E-state index is -5.82. The fraction of sp³-hybridized carbons (Fsp3) is 0.526. The van der Waals surface area contributed by atoms with Gasteiger partial charge in [0.1, 0.15) is 5.57 Å². The van der Waals surface area contributed by atoms with E-state index in [1.54, 1.807) is 6.08 Å². The summed E-state index contributed by atoms with van der Waals surface area (Å²) >= 11 is -1.72. The van der Waals surface area contributed by atoms with Crippen LogP contribution in [0.15, 0.2) is 49.6 Å². The summed E-state index contributed by atoms with van der Waals surface area (Å²) in [6.45, 7) is 10.7. The highest BCUT2D eigenvalue weighted by molar-refractivity contribution is 7.54. The van der Waals surface area contributed by atoms with Gasteiger partial charge in [0.25, 0.3) is 5.60 Å². The Morgan fingerprint density at radius 2 is 0.907 bits per heavy atom. The third-order valence-electron chi connectivity index (χ3n) is 2.79. The average Bonchev–Trinajstić information content (AvgIpc) is 2.68. The molecule has 0 saturated carbocycles. The van der Waals surface area contributed by atoms with Crippen molar-refractivity contribution in [2.45, 2.75) is 63.4 Å². The summed E-state index contributed by atoms with van der Waals surface area (Å²) in [6, 6.07) is 0. The maximum Gasteiger partial charge on any atom is 0.643 e. The van der Waals surface area contributed by atoms with Crippen LogP contribution in [0.25, 0.3) is 0 Å². The number of allylic oxidation sites excluding steroid dienone is 4. The predicted molar refractivity (Wildman–Crippen MR) is 125 cm³/mol. The molecule has 0 rings (SSSR count). The third kappa shape index (κ3) is 26.8. The average molecular weight is 756 g/mol. The van der Waals surface area contributed by atoms with E-state index in [2.05, 4.69) is 19.7 Å². The molecule has 0 atom stereocenters. The van der Waals surface area contributed by atoms with Crippen molar-refractivity contribution in [3.8, 4) is 0 Å². The quantitative estimate of drug-likeness (QED) is 0.135. The molecule has 0 aromatic carbocycles. The van der Waals surface area contributed by atoms with Gasteiger partial charge in [0.2, 0.25) is 0 Å². The highest BCUT2D eigenvalue weighted by atomic mass is 35.8. The Morgan fingerprint density at radius 3 is 0.953 bits per heavy atom. The molecule has 0 aliphatic carbocycles. The first-order chi connectivity index (χ1) is 18.1. The van der Waals surface area contributed by atoms with Crippen LogP contribution in [0.3, 0.4) is 0 Å². The first kappa shape index (κ1) is 54.2. The molecular weight excluding hydrogens is 736 g/mol. The lowest BCUT2D eigenvalue weighted by Crippen LogP contribution is -2.56. The summed E-state index contributed by atoms with van der Waals surface area (Å²) in [7, 11) is 14.8. The third-order valence-corrected chi connectivity index (χ3v) is 2.79. The summed E-state index contributed by atoms with van der Waals surface area (Å²) in [6.07, 6.45) is -33.1. The summed E-state index contributed by atoms with van der Waals surface area (Å²) in [5.41, 5.74) is -7.24. The second kappa shape index (κ2) is 21.5. The molecule has 0 aliphatic rings. The standard InChI is InChI=1S/C6H6F6O.C6H4F6.C3F6O.C3H6.CH4.Al.3ClH/c1-2-3-4(13,5(7,8)9)6(10,11)12;1-2-3-4(5(7,8)9)6(10,11)12;4-2(5,6)1(10)3(7,8)9;1-3-2;;;;;/h2,13H,1,3H2;2-3H,1H2;;3H,1H2,2H3;1H4;;3*1H/q;;;;;+3;;;/p-3. The Labute approximate surface area is 249 Å². The number of carbonyl (C=O) groups is 1. The van der Waals surface area contributed by atoms with Gasteiger partial charge < -0.3 is 5.11 Å². The van der Waals surface area contributed by atoms with Crippen LogP contribution < -0.4 is 0 Å². The number of carbonyl (C=O) groups excluding carboxylic acids is 1. The van der Waals surface area contributed by atoms with E-state index in [4.69, 9.17) is 35.3 Å². The summed E-state index contributed by atoms with van der Waals surface area (Å²) in [4.78, 5) is 9.24. The molecule has 0 amide bonds. The maximum atomic E-state index is 11.8. The molecule has 0 aromatic heterocycles. The van der Waals surface area contributed by atoms with E-state index in [0.29, 0.717) is 12.2 Å². The summed E-state index contributed by atoms with van der Waals surface area (Å²) in [5.74, 6) is -3.68. The van der Waals surface area contributed by atoms with Crippen molar-refractivity contribution in [1.29, 1.82) is 0 Å². The van der Waals surface area contributed by atoms with Crippen molar-refractivity contribution in [3.63, 3.8) is 0 Å². The molecule has 0 radical (unpaired) electrons. The fourth-order valence-electron chi connectivity index (χ4n) is 1.23. The number of rotatable bonds is 3. The predicted octanol–water partition coefficient (Wildman–Crippen LogP) is 10.8. The Morgan fingerprint density at radius 1 is 0.674 bits per heavy atom. The Kier molecular flexibility index (Phi) is 27.1. The number of ketones is 1. The Hall–Kier alpha value is -1.27. The van der Waals surface area contributed by atoms with Gasteiger partial charge in [-0.2, -0.15) is 79.0 Å². The number of hydrogen-bond donors (Lipinski definition) is 1. The molecule has 258 valence electrons. The lowest BCUT2D eigenvalue weighted by molar-refractivity contribution is -0.366. The van der Waals surface area contributed by atoms with Crippen molar-refractivity contribution in [3.05, 3.63) is 49.6 Å². The largest absolute Gasteiger partial charge is 0.643 e. The van der Waals surface area contributed by atoms with E-state index >= 15 is 0 Å². The van der Waals surface area contributed by atoms with E-state index in [0.717, 1.165) is 0 Å². The molecule has 0 bridgehead atoms. The Balaban J connectivity index is -0.000000107. The minimum absolute atomic E-state index is 0. The molecule has 0 aromatic rings. The van der Waals surface area contributed by atoms with Crippen molar-refractivity contribution in [1.82, 2.24) is 0 Å². The van der Waals surface area contributed by atoms with Gasteiger partial charge in [0, 0.05) is 6.42 Å². The van der Waals surface area contributed by atoms with Gasteiger partial charge in [-0.3, -0.25) is 4.79 Å². The zero-order valence-corrected chi connectivity index (χ0v) is 23.4. The van der Waals surface area contributed by atoms with Crippen LogP contribution in [0.2, 0.25) is 0 Å². The monoisotopic (exact) mass is 754 g/mol. The Bertz CT molecular complexity index is 788. The molecule has 0 heterocycles. The zero-order chi connectivity index (χ0) is 35.8. The van der Waals surface area contributed by atoms with Crippen molar-refractivity contribution < 1.29 is 88.9 Å². The molecule has 0 fully saturated rings. The lowest BCUT2D eigenvalue weighted by Gasteiger charge is -2.31. The topological polar surface area (TPSA) is 37.3 Å². The van der Waals surface area contributed by atoms with Crippen LogP contribution in [0.4, 0.5) is 79.0 Å². The SMILES string of the molecule is C.C=CC.C=CC=C(C(F)(F)F)C(F)(F)F.C=CCC(O)(C(F)(F)F)C(F)(F)F.O=C(C(F)(F)F)C(F)(F)F.[Cl][Al]([Cl])[Cl]. The van der Waals surface area contributed by atoms with E-state index in [-0.39, 0.29) is 13.5 Å². The van der Waals surface area contributed by atoms with Crippen LogP contribution in [0.1, 0.15) is 20.8 Å². The van der Waals surface area contributed by atoms with Crippen molar-refractivity contribution >= 4 is 47.3 Å². The number of aliphatic hydroxyl groups is 1. The van der Waals surface area contributed by atoms with Crippen LogP contribution >= 0.6 is 30.1 Å². The van der Waals surface area contributed by atoms with Gasteiger partial charge in [-0.05, 0) is 13.0 Å². The lowest BCUT2D eigenvalue weighted by atomic mass is 9.98. The smallest absolute Gasteiger partial charge is 0.373 e. The first-order valence-corrected chi connectivity index (χ1v) is 14.4. The number of Topliss-reactive ketones (excluding diaryl/α,β-unsaturated/α-hetero) is 1. The van der Waals surface area contributed by atoms with Gasteiger partial charge in [0.15, 0.2) is 0 Å². The fourth-order valence-corrected chi connectivity index (χ4v) is 1.23. The first-order valence-electron chi connectivity index (χ1n) is 9.17. The van der Waals surface area contributed by atoms with Crippen LogP contribution in [-0.2, 0) is 4.79 Å². The number of alkyl halides is 18. The molecule has 2 nitrogen and oxygen atoms in total. The highest BCUT2D eigenvalue weighted by Gasteiger charge is 2.69. The minimum Gasteiger partial charge on any atom is -0.373 e. The molecular formula is C19H20AlCl3F18O2. The highest BCUT2D eigenvalue weighted by Crippen LogP contribution is 2.45. The van der Waals surface area contributed by atoms with Crippen molar-refractivity contribution in [2.75, 3.05) is 0 Å². The van der Waals surface area contributed by atoms with Crippen LogP contribution in [0, 0.1) is 0 Å². The molecule has 0 spiro atoms. The summed E-state index contributed by atoms with van der Waals surface area (Å²) < 4.78 is 205. The van der Waals surface area contributed by atoms with E-state index in [9.17, 15) is 83.8 Å². The van der Waals surface area contributed by atoms with Crippen molar-refractivity contribution in [2.24, 2.45) is 0 Å². The zero-order valence-electron chi connectivity index (χ0n) is 20.0. The molecule has 1 N–H and O–H groups in total. The molecule has 24 heteroatoms. The molecule has 0 saturated heterocycles. The van der Waals surface area contributed by atoms with Gasteiger partial charge in [-0.25, -0.2) is 30.1 Å². The van der Waals surface area contributed by atoms with Gasteiger partial charge in [0.05, 0.1) is 0 Å². The van der Waals surface area contributed by atoms with Gasteiger partial charge >= 0.3 is 54.2 Å². The van der Waals surface area contributed by atoms with Crippen LogP contribution in [-0.4, -0.2) is 64.9 Å². The number of hydrogen-bond acceptors (Lipinski definition) is 2. The molecule has 43 heavy (non-hydrogen) atoms.